The summed E-state index contributed by atoms with van der Waals surface area (Å²) in [4.78, 5) is 20.0. The Morgan fingerprint density at radius 2 is 1.90 bits per heavy atom. The van der Waals surface area contributed by atoms with Crippen LogP contribution in [0.25, 0.3) is 28.1 Å². The van der Waals surface area contributed by atoms with E-state index in [2.05, 4.69) is 40.7 Å². The molecule has 6 heteroatoms. The van der Waals surface area contributed by atoms with Gasteiger partial charge in [0.05, 0.1) is 17.6 Å². The summed E-state index contributed by atoms with van der Waals surface area (Å²) < 4.78 is 8.07. The van der Waals surface area contributed by atoms with Crippen LogP contribution in [0.1, 0.15) is 31.2 Å². The van der Waals surface area contributed by atoms with Crippen LogP contribution in [0.15, 0.2) is 67.0 Å². The van der Waals surface area contributed by atoms with Crippen molar-refractivity contribution in [2.24, 2.45) is 5.73 Å². The van der Waals surface area contributed by atoms with Gasteiger partial charge in [-0.05, 0) is 62.6 Å². The van der Waals surface area contributed by atoms with Crippen LogP contribution in [0.5, 0.6) is 5.75 Å². The monoisotopic (exact) mass is 414 g/mol. The van der Waals surface area contributed by atoms with E-state index in [1.165, 1.54) is 5.56 Å². The van der Waals surface area contributed by atoms with Crippen molar-refractivity contribution in [2.75, 3.05) is 6.61 Å². The van der Waals surface area contributed by atoms with Crippen molar-refractivity contribution in [3.8, 4) is 22.8 Å². The first-order chi connectivity index (χ1) is 15.1. The highest BCUT2D eigenvalue weighted by molar-refractivity contribution is 5.84. The van der Waals surface area contributed by atoms with Gasteiger partial charge in [0.2, 0.25) is 5.91 Å². The minimum Gasteiger partial charge on any atom is -0.494 e. The third-order valence-corrected chi connectivity index (χ3v) is 5.17. The number of carbonyl (C=O) groups excluding carboxylic acids is 1. The second kappa shape index (κ2) is 9.43. The van der Waals surface area contributed by atoms with Crippen LogP contribution in [-0.2, 0) is 4.79 Å². The van der Waals surface area contributed by atoms with E-state index >= 15 is 0 Å². The molecule has 0 aliphatic rings. The Morgan fingerprint density at radius 3 is 2.65 bits per heavy atom. The van der Waals surface area contributed by atoms with E-state index in [0.717, 1.165) is 53.1 Å². The lowest BCUT2D eigenvalue weighted by molar-refractivity contribution is -0.118. The Bertz CT molecular complexity index is 1170. The Labute approximate surface area is 181 Å². The molecule has 4 aromatic rings. The molecule has 2 aromatic heterocycles. The van der Waals surface area contributed by atoms with E-state index in [9.17, 15) is 4.79 Å². The van der Waals surface area contributed by atoms with Gasteiger partial charge in [-0.2, -0.15) is 0 Å². The molecule has 2 aromatic carbocycles. The number of pyridine rings is 1. The number of imidazole rings is 1. The summed E-state index contributed by atoms with van der Waals surface area (Å²) in [5.74, 6) is 1.38. The molecule has 6 nitrogen and oxygen atoms in total. The first-order valence-corrected chi connectivity index (χ1v) is 10.5. The molecular formula is C25H26N4O2. The van der Waals surface area contributed by atoms with Crippen molar-refractivity contribution >= 4 is 16.9 Å². The van der Waals surface area contributed by atoms with Gasteiger partial charge in [-0.15, -0.1) is 0 Å². The highest BCUT2D eigenvalue weighted by Crippen LogP contribution is 2.30. The number of fused-ring (bicyclic) bond motifs is 1. The Kier molecular flexibility index (Phi) is 6.26. The second-order valence-electron chi connectivity index (χ2n) is 7.62. The van der Waals surface area contributed by atoms with Gasteiger partial charge in [0, 0.05) is 36.1 Å². The second-order valence-corrected chi connectivity index (χ2v) is 7.62. The van der Waals surface area contributed by atoms with Crippen LogP contribution in [0, 0.1) is 6.92 Å². The van der Waals surface area contributed by atoms with Gasteiger partial charge < -0.3 is 10.5 Å². The van der Waals surface area contributed by atoms with Crippen molar-refractivity contribution in [3.05, 3.63) is 72.6 Å². The first kappa shape index (κ1) is 20.6. The van der Waals surface area contributed by atoms with Crippen LogP contribution in [0.3, 0.4) is 0 Å². The van der Waals surface area contributed by atoms with E-state index < -0.39 is 0 Å². The summed E-state index contributed by atoms with van der Waals surface area (Å²) in [5.41, 5.74) is 10.3. The summed E-state index contributed by atoms with van der Waals surface area (Å²) in [7, 11) is 0. The van der Waals surface area contributed by atoms with Crippen LogP contribution >= 0.6 is 0 Å². The minimum atomic E-state index is -0.250. The average Bonchev–Trinajstić information content (AvgIpc) is 3.16. The molecular weight excluding hydrogens is 388 g/mol. The molecule has 4 rings (SSSR count). The van der Waals surface area contributed by atoms with Crippen LogP contribution in [0.4, 0.5) is 0 Å². The molecule has 0 fully saturated rings. The van der Waals surface area contributed by atoms with Gasteiger partial charge in [0.25, 0.3) is 0 Å². The number of hydrogen-bond donors (Lipinski definition) is 1. The lowest BCUT2D eigenvalue weighted by Crippen LogP contribution is -2.09. The molecule has 0 aliphatic carbocycles. The molecule has 0 spiro atoms. The normalized spacial score (nSPS) is 11.0. The maximum absolute atomic E-state index is 10.8. The smallest absolute Gasteiger partial charge is 0.217 e. The molecule has 0 bridgehead atoms. The summed E-state index contributed by atoms with van der Waals surface area (Å²) in [6.45, 7) is 2.67. The SMILES string of the molecule is Cc1ccc(-n2c(-c3cccnc3)nc3cc(OCCCCCC(N)=O)ccc32)cc1. The van der Waals surface area contributed by atoms with Crippen molar-refractivity contribution < 1.29 is 9.53 Å². The summed E-state index contributed by atoms with van der Waals surface area (Å²) in [6, 6.07) is 18.3. The summed E-state index contributed by atoms with van der Waals surface area (Å²) in [6.07, 6.45) is 6.61. The Balaban J connectivity index is 1.61. The number of primary amides is 1. The van der Waals surface area contributed by atoms with Gasteiger partial charge in [-0.3, -0.25) is 14.3 Å². The number of benzene rings is 2. The number of ether oxygens (including phenoxy) is 1. The lowest BCUT2D eigenvalue weighted by atomic mass is 10.2. The number of nitrogens with two attached hydrogens (primary N) is 1. The molecule has 0 atom stereocenters. The largest absolute Gasteiger partial charge is 0.494 e. The molecule has 31 heavy (non-hydrogen) atoms. The highest BCUT2D eigenvalue weighted by atomic mass is 16.5. The summed E-state index contributed by atoms with van der Waals surface area (Å²) in [5, 5.41) is 0. The average molecular weight is 415 g/mol. The highest BCUT2D eigenvalue weighted by Gasteiger charge is 2.15. The Hall–Kier alpha value is -3.67. The third-order valence-electron chi connectivity index (χ3n) is 5.17. The van der Waals surface area contributed by atoms with E-state index in [0.29, 0.717) is 13.0 Å². The number of rotatable bonds is 9. The van der Waals surface area contributed by atoms with E-state index in [1.54, 1.807) is 6.20 Å². The number of carbonyl (C=O) groups is 1. The summed E-state index contributed by atoms with van der Waals surface area (Å²) >= 11 is 0. The molecule has 0 unspecified atom stereocenters. The van der Waals surface area contributed by atoms with Crippen molar-refractivity contribution in [3.63, 3.8) is 0 Å². The van der Waals surface area contributed by atoms with Gasteiger partial charge in [0.15, 0.2) is 0 Å². The number of unbranched alkanes of at least 4 members (excludes halogenated alkanes) is 2. The fraction of sp³-hybridized carbons (Fsp3) is 0.240. The van der Waals surface area contributed by atoms with Crippen LogP contribution in [0.2, 0.25) is 0 Å². The predicted octanol–water partition coefficient (Wildman–Crippen LogP) is 4.82. The van der Waals surface area contributed by atoms with E-state index in [1.807, 2.05) is 36.5 Å². The zero-order chi connectivity index (χ0) is 21.6. The number of hydrogen-bond acceptors (Lipinski definition) is 4. The molecule has 0 saturated heterocycles. The Morgan fingerprint density at radius 1 is 1.06 bits per heavy atom. The van der Waals surface area contributed by atoms with Gasteiger partial charge in [-0.25, -0.2) is 4.98 Å². The molecule has 0 aliphatic heterocycles. The number of aromatic nitrogens is 3. The molecule has 0 radical (unpaired) electrons. The zero-order valence-corrected chi connectivity index (χ0v) is 17.6. The van der Waals surface area contributed by atoms with Gasteiger partial charge in [-0.1, -0.05) is 17.7 Å². The van der Waals surface area contributed by atoms with E-state index in [-0.39, 0.29) is 5.91 Å². The molecule has 2 heterocycles. The minimum absolute atomic E-state index is 0.250. The lowest BCUT2D eigenvalue weighted by Gasteiger charge is -2.10. The standard InChI is InChI=1S/C25H26N4O2/c1-18-8-10-20(11-9-18)29-23-13-12-21(31-15-4-2-3-7-24(26)30)16-22(23)28-25(29)19-6-5-14-27-17-19/h5-6,8-14,16-17H,2-4,7,15H2,1H3,(H2,26,30). The van der Waals surface area contributed by atoms with Crippen molar-refractivity contribution in [2.45, 2.75) is 32.6 Å². The first-order valence-electron chi connectivity index (χ1n) is 10.5. The molecule has 1 amide bonds. The van der Waals surface area contributed by atoms with Gasteiger partial charge >= 0.3 is 0 Å². The zero-order valence-electron chi connectivity index (χ0n) is 17.6. The number of nitrogens with zero attached hydrogens (tertiary/aromatic N) is 3. The quantitative estimate of drug-likeness (QED) is 0.398. The fourth-order valence-corrected chi connectivity index (χ4v) is 3.56. The molecule has 0 saturated carbocycles. The van der Waals surface area contributed by atoms with Gasteiger partial charge in [0.1, 0.15) is 11.6 Å². The topological polar surface area (TPSA) is 83.0 Å². The van der Waals surface area contributed by atoms with Crippen LogP contribution in [-0.4, -0.2) is 27.0 Å². The fourth-order valence-electron chi connectivity index (χ4n) is 3.56. The van der Waals surface area contributed by atoms with Crippen molar-refractivity contribution in [1.82, 2.24) is 14.5 Å². The van der Waals surface area contributed by atoms with Crippen molar-refractivity contribution in [1.29, 1.82) is 0 Å². The molecule has 158 valence electrons. The third kappa shape index (κ3) is 4.91. The number of aryl methyl sites for hydroxylation is 1. The molecule has 2 N–H and O–H groups in total. The van der Waals surface area contributed by atoms with E-state index in [4.69, 9.17) is 15.5 Å². The van der Waals surface area contributed by atoms with Crippen LogP contribution < -0.4 is 10.5 Å². The maximum atomic E-state index is 10.8. The predicted molar refractivity (Wildman–Crippen MR) is 122 cm³/mol. The number of amides is 1. The maximum Gasteiger partial charge on any atom is 0.217 e.